The van der Waals surface area contributed by atoms with Crippen LogP contribution < -0.4 is 0 Å². The van der Waals surface area contributed by atoms with Gasteiger partial charge in [0.15, 0.2) is 9.84 Å². The predicted octanol–water partition coefficient (Wildman–Crippen LogP) is 2.68. The summed E-state index contributed by atoms with van der Waals surface area (Å²) in [5.41, 5.74) is 0.312. The van der Waals surface area contributed by atoms with Crippen LogP contribution in [0.2, 0.25) is 0 Å². The van der Waals surface area contributed by atoms with Gasteiger partial charge in [-0.05, 0) is 55.9 Å². The molecule has 0 amide bonds. The summed E-state index contributed by atoms with van der Waals surface area (Å²) in [4.78, 5) is 1.84. The summed E-state index contributed by atoms with van der Waals surface area (Å²) in [5.74, 6) is -0.125. The molecular weight excluding hydrogens is 258 g/mol. The first-order valence-corrected chi connectivity index (χ1v) is 8.60. The van der Waals surface area contributed by atoms with Crippen molar-refractivity contribution in [3.05, 3.63) is 29.7 Å². The second kappa shape index (κ2) is 6.06. The third kappa shape index (κ3) is 3.80. The number of likely N-dealkylation sites (tertiary alicyclic amines) is 1. The molecule has 1 saturated heterocycles. The molecule has 1 heterocycles. The van der Waals surface area contributed by atoms with Gasteiger partial charge in [-0.2, -0.15) is 0 Å². The monoisotopic (exact) mass is 285 g/mol. The van der Waals surface area contributed by atoms with Crippen LogP contribution in [0.4, 0.5) is 0 Å². The van der Waals surface area contributed by atoms with E-state index in [1.807, 2.05) is 0 Å². The Morgan fingerprint density at radius 3 is 2.95 bits per heavy atom. The third-order valence-corrected chi connectivity index (χ3v) is 4.39. The average molecular weight is 285 g/mol. The molecule has 19 heavy (non-hydrogen) atoms. The maximum Gasteiger partial charge on any atom is 0.175 e. The third-order valence-electron chi connectivity index (χ3n) is 3.45. The average Bonchev–Trinajstić information content (AvgIpc) is 2.44. The number of rotatable bonds is 4. The molecule has 1 fully saturated rings. The molecule has 0 spiro atoms. The van der Waals surface area contributed by atoms with Crippen LogP contribution >= 0.6 is 0 Å². The smallest absolute Gasteiger partial charge is 0.175 e. The van der Waals surface area contributed by atoms with E-state index in [4.69, 9.17) is 5.48 Å². The Kier molecular flexibility index (Phi) is 3.17. The van der Waals surface area contributed by atoms with Crippen LogP contribution in [0, 0.1) is 0 Å². The Labute approximate surface area is 122 Å². The topological polar surface area (TPSA) is 37.4 Å². The molecule has 4 heteroatoms. The van der Waals surface area contributed by atoms with E-state index >= 15 is 0 Å². The predicted molar refractivity (Wildman–Crippen MR) is 78.3 cm³/mol. The first-order valence-electron chi connectivity index (χ1n) is 8.71. The Bertz CT molecular complexity index is 704. The highest BCUT2D eigenvalue weighted by atomic mass is 32.2. The molecule has 1 aliphatic rings. The summed E-state index contributed by atoms with van der Waals surface area (Å²) < 4.78 is 56.0. The van der Waals surface area contributed by atoms with Gasteiger partial charge >= 0.3 is 0 Å². The number of nitrogens with zero attached hydrogens (tertiary/aromatic N) is 1. The fraction of sp³-hybridized carbons (Fsp3) is 0.600. The lowest BCUT2D eigenvalue weighted by atomic mass is 9.90. The highest BCUT2D eigenvalue weighted by molar-refractivity contribution is 7.90. The molecule has 1 aromatic rings. The molecule has 0 aromatic heterocycles. The van der Waals surface area contributed by atoms with Gasteiger partial charge in [-0.15, -0.1) is 0 Å². The quantitative estimate of drug-likeness (QED) is 0.853. The van der Waals surface area contributed by atoms with E-state index in [0.717, 1.165) is 38.6 Å². The lowest BCUT2D eigenvalue weighted by molar-refractivity contribution is 0.208. The molecule has 0 aliphatic carbocycles. The van der Waals surface area contributed by atoms with E-state index in [9.17, 15) is 8.42 Å². The highest BCUT2D eigenvalue weighted by Crippen LogP contribution is 2.28. The summed E-state index contributed by atoms with van der Waals surface area (Å²) in [6.45, 7) is 4.66. The molecule has 1 atom stereocenters. The minimum absolute atomic E-state index is 0.125. The van der Waals surface area contributed by atoms with Crippen molar-refractivity contribution < 1.29 is 13.9 Å². The second-order valence-electron chi connectivity index (χ2n) is 5.15. The molecule has 0 bridgehead atoms. The summed E-state index contributed by atoms with van der Waals surface area (Å²) in [7, 11) is -3.78. The van der Waals surface area contributed by atoms with Crippen molar-refractivity contribution in [3.8, 4) is 0 Å². The summed E-state index contributed by atoms with van der Waals surface area (Å²) >= 11 is 0. The van der Waals surface area contributed by atoms with Gasteiger partial charge < -0.3 is 4.90 Å². The van der Waals surface area contributed by atoms with Crippen LogP contribution in [0.1, 0.15) is 43.2 Å². The maximum absolute atomic E-state index is 11.9. The Morgan fingerprint density at radius 1 is 1.47 bits per heavy atom. The highest BCUT2D eigenvalue weighted by Gasteiger charge is 2.21. The Morgan fingerprint density at radius 2 is 2.26 bits per heavy atom. The van der Waals surface area contributed by atoms with Crippen molar-refractivity contribution in [2.24, 2.45) is 0 Å². The van der Waals surface area contributed by atoms with Crippen molar-refractivity contribution >= 4 is 9.84 Å². The second-order valence-corrected chi connectivity index (χ2v) is 7.11. The lowest BCUT2D eigenvalue weighted by Crippen LogP contribution is -2.34. The van der Waals surface area contributed by atoms with Crippen LogP contribution in [0.15, 0.2) is 29.1 Å². The maximum atomic E-state index is 11.9. The number of hydrogen-bond donors (Lipinski definition) is 0. The normalized spacial score (nSPS) is 24.4. The van der Waals surface area contributed by atoms with Gasteiger partial charge in [0.05, 0.1) is 10.4 Å². The first kappa shape index (κ1) is 9.94. The van der Waals surface area contributed by atoms with Gasteiger partial charge in [-0.3, -0.25) is 0 Å². The van der Waals surface area contributed by atoms with E-state index < -0.39 is 26.8 Å². The van der Waals surface area contributed by atoms with Crippen LogP contribution in [-0.4, -0.2) is 39.2 Å². The summed E-state index contributed by atoms with van der Waals surface area (Å²) in [6.07, 6.45) is 3.67. The van der Waals surface area contributed by atoms with Crippen LogP contribution in [-0.2, 0) is 9.84 Å². The fourth-order valence-corrected chi connectivity index (χ4v) is 3.07. The Hall–Kier alpha value is -0.870. The standard InChI is InChI=1S/C15H23NO2S/c1-3-9-16-10-5-7-14(12-16)13-6-4-8-15(11-13)19(2,17)18/h4,6,8,11,14H,3,5,7,9-10,12H2,1-2H3/t14-/m1/s1/i4D,6D,8D,11D. The van der Waals surface area contributed by atoms with Crippen LogP contribution in [0.25, 0.3) is 0 Å². The summed E-state index contributed by atoms with van der Waals surface area (Å²) in [5, 5.41) is 0. The van der Waals surface area contributed by atoms with Crippen LogP contribution in [0.3, 0.4) is 0 Å². The molecule has 0 radical (unpaired) electrons. The molecule has 0 N–H and O–H groups in total. The molecule has 0 saturated carbocycles. The molecular formula is C15H23NO2S. The van der Waals surface area contributed by atoms with Gasteiger partial charge in [-0.1, -0.05) is 19.0 Å². The largest absolute Gasteiger partial charge is 0.303 e. The van der Waals surface area contributed by atoms with E-state index in [1.54, 1.807) is 0 Å². The zero-order valence-electron chi connectivity index (χ0n) is 15.5. The number of benzene rings is 1. The number of sulfone groups is 1. The van der Waals surface area contributed by atoms with Gasteiger partial charge in [-0.25, -0.2) is 8.42 Å². The van der Waals surface area contributed by atoms with E-state index in [0.29, 0.717) is 12.1 Å². The zero-order valence-corrected chi connectivity index (χ0v) is 12.3. The molecule has 1 aromatic carbocycles. The molecule has 3 nitrogen and oxygen atoms in total. The van der Waals surface area contributed by atoms with E-state index in [-0.39, 0.29) is 18.0 Å². The van der Waals surface area contributed by atoms with Gasteiger partial charge in [0, 0.05) is 12.8 Å². The lowest BCUT2D eigenvalue weighted by Gasteiger charge is -2.32. The number of hydrogen-bond acceptors (Lipinski definition) is 3. The van der Waals surface area contributed by atoms with Crippen molar-refractivity contribution in [2.75, 3.05) is 25.9 Å². The number of piperidine rings is 1. The van der Waals surface area contributed by atoms with Gasteiger partial charge in [0.25, 0.3) is 0 Å². The van der Waals surface area contributed by atoms with E-state index in [1.165, 1.54) is 0 Å². The SMILES string of the molecule is [2H]c1c([2H])c([C@@H]2CCCN(CCC)C2)c([2H])c(S(C)(=O)=O)c1[2H]. The van der Waals surface area contributed by atoms with E-state index in [2.05, 4.69) is 11.8 Å². The molecule has 0 unspecified atom stereocenters. The van der Waals surface area contributed by atoms with Crippen molar-refractivity contribution in [1.82, 2.24) is 4.90 Å². The van der Waals surface area contributed by atoms with Crippen molar-refractivity contribution in [3.63, 3.8) is 0 Å². The van der Waals surface area contributed by atoms with Gasteiger partial charge in [0.2, 0.25) is 0 Å². The zero-order chi connectivity index (χ0) is 17.4. The summed E-state index contributed by atoms with van der Waals surface area (Å²) in [6, 6.07) is -1.37. The minimum atomic E-state index is -3.78. The molecule has 1 aliphatic heterocycles. The molecule has 106 valence electrons. The minimum Gasteiger partial charge on any atom is -0.303 e. The Balaban J connectivity index is 2.56. The first-order chi connectivity index (χ1) is 10.7. The van der Waals surface area contributed by atoms with Crippen LogP contribution in [0.5, 0.6) is 0 Å². The molecule has 2 rings (SSSR count). The fourth-order valence-electron chi connectivity index (χ4n) is 2.54. The van der Waals surface area contributed by atoms with Crippen molar-refractivity contribution in [1.29, 1.82) is 0 Å². The van der Waals surface area contributed by atoms with Crippen molar-refractivity contribution in [2.45, 2.75) is 37.0 Å². The van der Waals surface area contributed by atoms with Gasteiger partial charge in [0.1, 0.15) is 0 Å².